The lowest BCUT2D eigenvalue weighted by Crippen LogP contribution is -2.46. The van der Waals surface area contributed by atoms with Crippen LogP contribution in [0.25, 0.3) is 0 Å². The van der Waals surface area contributed by atoms with Crippen LogP contribution in [0.1, 0.15) is 24.8 Å². The first-order valence-electron chi connectivity index (χ1n) is 6.28. The number of nitrogens with one attached hydrogen (secondary N) is 2. The first kappa shape index (κ1) is 12.2. The zero-order valence-corrected chi connectivity index (χ0v) is 11.1. The molecule has 19 heavy (non-hydrogen) atoms. The minimum Gasteiger partial charge on any atom is -0.331 e. The van der Waals surface area contributed by atoms with E-state index < -0.39 is 5.41 Å². The van der Waals surface area contributed by atoms with E-state index in [0.717, 1.165) is 24.8 Å². The highest BCUT2D eigenvalue weighted by Gasteiger charge is 2.45. The van der Waals surface area contributed by atoms with Crippen molar-refractivity contribution in [2.45, 2.75) is 24.7 Å². The SMILES string of the molecule is O=C(Nc1ncc[nH]1)C1(c2cccc(Cl)c2)CCC1. The van der Waals surface area contributed by atoms with Crippen LogP contribution in [0.3, 0.4) is 0 Å². The quantitative estimate of drug-likeness (QED) is 0.904. The molecule has 1 aromatic heterocycles. The molecule has 2 aromatic rings. The van der Waals surface area contributed by atoms with E-state index in [4.69, 9.17) is 11.6 Å². The molecule has 1 aliphatic carbocycles. The van der Waals surface area contributed by atoms with Gasteiger partial charge in [0.15, 0.2) is 0 Å². The average Bonchev–Trinajstić information content (AvgIpc) is 2.80. The van der Waals surface area contributed by atoms with Gasteiger partial charge in [0.25, 0.3) is 0 Å². The molecule has 3 rings (SSSR count). The largest absolute Gasteiger partial charge is 0.331 e. The van der Waals surface area contributed by atoms with Crippen molar-refractivity contribution in [1.82, 2.24) is 9.97 Å². The summed E-state index contributed by atoms with van der Waals surface area (Å²) in [6, 6.07) is 7.55. The number of amides is 1. The number of nitrogens with zero attached hydrogens (tertiary/aromatic N) is 1. The number of aromatic nitrogens is 2. The number of aromatic amines is 1. The number of imidazole rings is 1. The smallest absolute Gasteiger partial charge is 0.237 e. The molecular formula is C14H14ClN3O. The third-order valence-corrected chi connectivity index (χ3v) is 3.98. The lowest BCUT2D eigenvalue weighted by atomic mass is 9.64. The van der Waals surface area contributed by atoms with E-state index in [1.54, 1.807) is 12.4 Å². The fraction of sp³-hybridized carbons (Fsp3) is 0.286. The van der Waals surface area contributed by atoms with Crippen molar-refractivity contribution in [2.75, 3.05) is 5.32 Å². The van der Waals surface area contributed by atoms with Gasteiger partial charge in [-0.25, -0.2) is 4.98 Å². The molecule has 0 atom stereocenters. The second kappa shape index (κ2) is 4.70. The van der Waals surface area contributed by atoms with Crippen LogP contribution in [-0.2, 0) is 10.2 Å². The molecule has 5 heteroatoms. The van der Waals surface area contributed by atoms with Gasteiger partial charge in [-0.1, -0.05) is 30.2 Å². The number of H-pyrrole nitrogens is 1. The molecular weight excluding hydrogens is 262 g/mol. The van der Waals surface area contributed by atoms with Gasteiger partial charge in [-0.05, 0) is 30.5 Å². The number of hydrogen-bond acceptors (Lipinski definition) is 2. The van der Waals surface area contributed by atoms with Crippen molar-refractivity contribution in [2.24, 2.45) is 0 Å². The lowest BCUT2D eigenvalue weighted by Gasteiger charge is -2.40. The average molecular weight is 276 g/mol. The highest BCUT2D eigenvalue weighted by Crippen LogP contribution is 2.45. The minimum atomic E-state index is -0.461. The predicted molar refractivity (Wildman–Crippen MR) is 74.2 cm³/mol. The second-order valence-electron chi connectivity index (χ2n) is 4.84. The molecule has 1 amide bonds. The molecule has 1 aromatic carbocycles. The van der Waals surface area contributed by atoms with Gasteiger partial charge in [-0.15, -0.1) is 0 Å². The van der Waals surface area contributed by atoms with Gasteiger partial charge in [-0.2, -0.15) is 0 Å². The molecule has 4 nitrogen and oxygen atoms in total. The van der Waals surface area contributed by atoms with Crippen molar-refractivity contribution in [3.05, 3.63) is 47.2 Å². The van der Waals surface area contributed by atoms with Crippen LogP contribution in [-0.4, -0.2) is 15.9 Å². The van der Waals surface area contributed by atoms with Gasteiger partial charge >= 0.3 is 0 Å². The van der Waals surface area contributed by atoms with Crippen molar-refractivity contribution >= 4 is 23.5 Å². The van der Waals surface area contributed by atoms with E-state index in [2.05, 4.69) is 15.3 Å². The van der Waals surface area contributed by atoms with Gasteiger partial charge in [-0.3, -0.25) is 10.1 Å². The fourth-order valence-corrected chi connectivity index (χ4v) is 2.71. The first-order chi connectivity index (χ1) is 9.21. The van der Waals surface area contributed by atoms with E-state index in [9.17, 15) is 4.79 Å². The number of halogens is 1. The van der Waals surface area contributed by atoms with Gasteiger partial charge in [0.05, 0.1) is 5.41 Å². The standard InChI is InChI=1S/C14H14ClN3O/c15-11-4-1-3-10(9-11)14(5-2-6-14)12(19)18-13-16-7-8-17-13/h1,3-4,7-9H,2,5-6H2,(H2,16,17,18,19). The number of hydrogen-bond donors (Lipinski definition) is 2. The molecule has 98 valence electrons. The Balaban J connectivity index is 1.88. The summed E-state index contributed by atoms with van der Waals surface area (Å²) >= 11 is 6.03. The molecule has 1 fully saturated rings. The maximum atomic E-state index is 12.5. The van der Waals surface area contributed by atoms with Crippen molar-refractivity contribution in [1.29, 1.82) is 0 Å². The Bertz CT molecular complexity index is 590. The lowest BCUT2D eigenvalue weighted by molar-refractivity contribution is -0.124. The summed E-state index contributed by atoms with van der Waals surface area (Å²) < 4.78 is 0. The number of rotatable bonds is 3. The third-order valence-electron chi connectivity index (χ3n) is 3.75. The third kappa shape index (κ3) is 2.12. The van der Waals surface area contributed by atoms with Crippen LogP contribution in [0, 0.1) is 0 Å². The fourth-order valence-electron chi connectivity index (χ4n) is 2.52. The van der Waals surface area contributed by atoms with E-state index in [1.165, 1.54) is 0 Å². The van der Waals surface area contributed by atoms with Crippen LogP contribution in [0.15, 0.2) is 36.7 Å². The Labute approximate surface area is 116 Å². The molecule has 0 spiro atoms. The molecule has 0 unspecified atom stereocenters. The van der Waals surface area contributed by atoms with E-state index >= 15 is 0 Å². The molecule has 0 bridgehead atoms. The van der Waals surface area contributed by atoms with E-state index in [0.29, 0.717) is 11.0 Å². The van der Waals surface area contributed by atoms with Crippen LogP contribution in [0.5, 0.6) is 0 Å². The number of benzene rings is 1. The summed E-state index contributed by atoms with van der Waals surface area (Å²) in [4.78, 5) is 19.4. The summed E-state index contributed by atoms with van der Waals surface area (Å²) in [7, 11) is 0. The summed E-state index contributed by atoms with van der Waals surface area (Å²) in [5.74, 6) is 0.467. The molecule has 0 radical (unpaired) electrons. The Morgan fingerprint density at radius 2 is 2.26 bits per heavy atom. The Morgan fingerprint density at radius 1 is 1.42 bits per heavy atom. The molecule has 2 N–H and O–H groups in total. The van der Waals surface area contributed by atoms with Crippen LogP contribution >= 0.6 is 11.6 Å². The van der Waals surface area contributed by atoms with Gasteiger partial charge in [0, 0.05) is 17.4 Å². The van der Waals surface area contributed by atoms with Gasteiger partial charge in [0.2, 0.25) is 11.9 Å². The maximum Gasteiger partial charge on any atom is 0.237 e. The van der Waals surface area contributed by atoms with Gasteiger partial charge in [0.1, 0.15) is 0 Å². The highest BCUT2D eigenvalue weighted by atomic mass is 35.5. The molecule has 0 saturated heterocycles. The monoisotopic (exact) mass is 275 g/mol. The Morgan fingerprint density at radius 3 is 2.84 bits per heavy atom. The van der Waals surface area contributed by atoms with Crippen molar-refractivity contribution in [3.63, 3.8) is 0 Å². The first-order valence-corrected chi connectivity index (χ1v) is 6.65. The summed E-state index contributed by atoms with van der Waals surface area (Å²) in [6.45, 7) is 0. The summed E-state index contributed by atoms with van der Waals surface area (Å²) in [6.07, 6.45) is 6.04. The normalized spacial score (nSPS) is 16.7. The van der Waals surface area contributed by atoms with Crippen LogP contribution < -0.4 is 5.32 Å². The minimum absolute atomic E-state index is 0.0176. The van der Waals surface area contributed by atoms with Gasteiger partial charge < -0.3 is 4.98 Å². The number of carbonyl (C=O) groups excluding carboxylic acids is 1. The molecule has 0 aliphatic heterocycles. The number of carbonyl (C=O) groups is 1. The molecule has 1 saturated carbocycles. The molecule has 1 aliphatic rings. The zero-order chi connectivity index (χ0) is 13.3. The van der Waals surface area contributed by atoms with Crippen LogP contribution in [0.4, 0.5) is 5.95 Å². The maximum absolute atomic E-state index is 12.5. The number of anilines is 1. The van der Waals surface area contributed by atoms with E-state index in [-0.39, 0.29) is 5.91 Å². The summed E-state index contributed by atoms with van der Waals surface area (Å²) in [5, 5.41) is 3.50. The second-order valence-corrected chi connectivity index (χ2v) is 5.27. The van der Waals surface area contributed by atoms with Crippen molar-refractivity contribution in [3.8, 4) is 0 Å². The zero-order valence-electron chi connectivity index (χ0n) is 10.3. The summed E-state index contributed by atoms with van der Waals surface area (Å²) in [5.41, 5.74) is 0.521. The van der Waals surface area contributed by atoms with Crippen molar-refractivity contribution < 1.29 is 4.79 Å². The molecule has 1 heterocycles. The Hall–Kier alpha value is -1.81. The highest BCUT2D eigenvalue weighted by molar-refractivity contribution is 6.30. The Kier molecular flexibility index (Phi) is 3.03. The van der Waals surface area contributed by atoms with E-state index in [1.807, 2.05) is 24.3 Å². The predicted octanol–water partition coefficient (Wildman–Crippen LogP) is 3.12. The topological polar surface area (TPSA) is 57.8 Å². The van der Waals surface area contributed by atoms with Crippen LogP contribution in [0.2, 0.25) is 5.02 Å².